The van der Waals surface area contributed by atoms with Crippen molar-refractivity contribution in [3.8, 4) is 5.75 Å². The summed E-state index contributed by atoms with van der Waals surface area (Å²) in [5, 5.41) is 0. The van der Waals surface area contributed by atoms with Crippen LogP contribution in [-0.4, -0.2) is 25.6 Å². The highest BCUT2D eigenvalue weighted by atomic mass is 16.5. The van der Waals surface area contributed by atoms with Crippen LogP contribution in [0.3, 0.4) is 0 Å². The van der Waals surface area contributed by atoms with Crippen molar-refractivity contribution in [3.63, 3.8) is 0 Å². The van der Waals surface area contributed by atoms with E-state index < -0.39 is 6.10 Å². The monoisotopic (exact) mass is 206 g/mol. The molecule has 0 N–H and O–H groups in total. The molecule has 0 radical (unpaired) electrons. The second kappa shape index (κ2) is 4.03. The molecule has 3 heteroatoms. The Morgan fingerprint density at radius 2 is 2.33 bits per heavy atom. The predicted octanol–water partition coefficient (Wildman–Crippen LogP) is 1.84. The zero-order valence-electron chi connectivity index (χ0n) is 8.95. The lowest BCUT2D eigenvalue weighted by molar-refractivity contribution is 0.0368. The van der Waals surface area contributed by atoms with E-state index in [1.165, 1.54) is 12.7 Å². The molecule has 2 rings (SSSR count). The maximum atomic E-state index is 11.8. The summed E-state index contributed by atoms with van der Waals surface area (Å²) < 4.78 is 10.5. The summed E-state index contributed by atoms with van der Waals surface area (Å²) >= 11 is 0. The van der Waals surface area contributed by atoms with Gasteiger partial charge < -0.3 is 9.47 Å². The molecule has 0 amide bonds. The molecule has 15 heavy (non-hydrogen) atoms. The van der Waals surface area contributed by atoms with E-state index in [0.717, 1.165) is 6.42 Å². The van der Waals surface area contributed by atoms with Gasteiger partial charge >= 0.3 is 0 Å². The van der Waals surface area contributed by atoms with Crippen molar-refractivity contribution in [2.75, 3.05) is 13.7 Å². The number of carbonyl (C=O) groups excluding carboxylic acids is 1. The fourth-order valence-corrected chi connectivity index (χ4v) is 1.70. The van der Waals surface area contributed by atoms with Crippen LogP contribution < -0.4 is 4.74 Å². The van der Waals surface area contributed by atoms with Crippen LogP contribution in [0.2, 0.25) is 0 Å². The Kier molecular flexibility index (Phi) is 2.73. The Morgan fingerprint density at radius 3 is 3.00 bits per heavy atom. The van der Waals surface area contributed by atoms with Crippen LogP contribution in [0, 0.1) is 0 Å². The molecular weight excluding hydrogens is 192 g/mol. The van der Waals surface area contributed by atoms with Crippen LogP contribution in [0.25, 0.3) is 0 Å². The second-order valence-corrected chi connectivity index (χ2v) is 3.58. The number of aryl methyl sites for hydroxylation is 1. The Labute approximate surface area is 89.0 Å². The number of carbonyl (C=O) groups is 1. The molecule has 1 aliphatic heterocycles. The van der Waals surface area contributed by atoms with E-state index in [1.807, 2.05) is 18.2 Å². The smallest absolute Gasteiger partial charge is 0.198 e. The van der Waals surface area contributed by atoms with E-state index in [4.69, 9.17) is 9.47 Å². The molecule has 0 saturated heterocycles. The molecule has 0 aliphatic carbocycles. The number of ether oxygens (including phenoxy) is 2. The third-order valence-corrected chi connectivity index (χ3v) is 2.69. The maximum Gasteiger partial charge on any atom is 0.198 e. The summed E-state index contributed by atoms with van der Waals surface area (Å²) in [5.41, 5.74) is 1.81. The molecule has 0 fully saturated rings. The highest BCUT2D eigenvalue weighted by Crippen LogP contribution is 2.26. The van der Waals surface area contributed by atoms with Gasteiger partial charge in [-0.1, -0.05) is 13.0 Å². The van der Waals surface area contributed by atoms with Gasteiger partial charge in [0.1, 0.15) is 12.4 Å². The van der Waals surface area contributed by atoms with Crippen LogP contribution in [0.15, 0.2) is 18.2 Å². The van der Waals surface area contributed by atoms with E-state index in [0.29, 0.717) is 17.9 Å². The number of benzene rings is 1. The molecule has 1 aliphatic rings. The van der Waals surface area contributed by atoms with E-state index in [1.54, 1.807) is 0 Å². The number of rotatable bonds is 2. The van der Waals surface area contributed by atoms with Crippen molar-refractivity contribution in [2.24, 2.45) is 0 Å². The van der Waals surface area contributed by atoms with Gasteiger partial charge in [-0.25, -0.2) is 0 Å². The number of ketones is 1. The zero-order chi connectivity index (χ0) is 10.8. The van der Waals surface area contributed by atoms with E-state index >= 15 is 0 Å². The van der Waals surface area contributed by atoms with Crippen molar-refractivity contribution in [2.45, 2.75) is 19.4 Å². The minimum atomic E-state index is -0.454. The average molecular weight is 206 g/mol. The minimum Gasteiger partial charge on any atom is -0.490 e. The van der Waals surface area contributed by atoms with Gasteiger partial charge in [-0.15, -0.1) is 0 Å². The topological polar surface area (TPSA) is 35.5 Å². The number of methoxy groups -OCH3 is 1. The summed E-state index contributed by atoms with van der Waals surface area (Å²) in [5.74, 6) is 0.703. The number of hydrogen-bond donors (Lipinski definition) is 0. The highest BCUT2D eigenvalue weighted by Gasteiger charge is 2.28. The Hall–Kier alpha value is -1.35. The molecular formula is C12H14O3. The summed E-state index contributed by atoms with van der Waals surface area (Å²) in [6, 6.07) is 5.71. The Balaban J connectivity index is 2.37. The first-order valence-electron chi connectivity index (χ1n) is 5.09. The summed E-state index contributed by atoms with van der Waals surface area (Å²) in [6.07, 6.45) is 0.489. The maximum absolute atomic E-state index is 11.8. The molecule has 1 aromatic rings. The van der Waals surface area contributed by atoms with Crippen LogP contribution in [-0.2, 0) is 11.2 Å². The van der Waals surface area contributed by atoms with Crippen LogP contribution in [0.1, 0.15) is 22.8 Å². The predicted molar refractivity (Wildman–Crippen MR) is 56.4 cm³/mol. The second-order valence-electron chi connectivity index (χ2n) is 3.58. The van der Waals surface area contributed by atoms with Gasteiger partial charge in [0, 0.05) is 7.11 Å². The van der Waals surface area contributed by atoms with E-state index in [9.17, 15) is 4.79 Å². The van der Waals surface area contributed by atoms with Crippen molar-refractivity contribution in [1.29, 1.82) is 0 Å². The first kappa shape index (κ1) is 10.2. The van der Waals surface area contributed by atoms with Gasteiger partial charge in [-0.05, 0) is 24.1 Å². The number of hydrogen-bond acceptors (Lipinski definition) is 3. The first-order valence-corrected chi connectivity index (χ1v) is 5.09. The Bertz CT molecular complexity index is 384. The van der Waals surface area contributed by atoms with E-state index in [-0.39, 0.29) is 5.78 Å². The number of fused-ring (bicyclic) bond motifs is 1. The lowest BCUT2D eigenvalue weighted by atomic mass is 10.0. The lowest BCUT2D eigenvalue weighted by Crippen LogP contribution is -2.34. The van der Waals surface area contributed by atoms with Crippen molar-refractivity contribution < 1.29 is 14.3 Å². The molecule has 1 heterocycles. The fourth-order valence-electron chi connectivity index (χ4n) is 1.70. The molecule has 3 nitrogen and oxygen atoms in total. The molecule has 1 atom stereocenters. The SMILES string of the molecule is CCc1ccc2c(c1)OCC(OC)C2=O. The minimum absolute atomic E-state index is 0.0152. The van der Waals surface area contributed by atoms with Gasteiger partial charge in [-0.2, -0.15) is 0 Å². The average Bonchev–Trinajstić information content (AvgIpc) is 2.29. The zero-order valence-corrected chi connectivity index (χ0v) is 8.95. The molecule has 0 aromatic heterocycles. The third kappa shape index (κ3) is 1.75. The standard InChI is InChI=1S/C12H14O3/c1-3-8-4-5-9-10(6-8)15-7-11(14-2)12(9)13/h4-6,11H,3,7H2,1-2H3. The van der Waals surface area contributed by atoms with Gasteiger partial charge in [0.05, 0.1) is 5.56 Å². The van der Waals surface area contributed by atoms with Crippen molar-refractivity contribution >= 4 is 5.78 Å². The summed E-state index contributed by atoms with van der Waals surface area (Å²) in [7, 11) is 1.53. The first-order chi connectivity index (χ1) is 7.26. The molecule has 80 valence electrons. The highest BCUT2D eigenvalue weighted by molar-refractivity contribution is 6.02. The summed E-state index contributed by atoms with van der Waals surface area (Å²) in [6.45, 7) is 2.39. The normalized spacial score (nSPS) is 19.6. The van der Waals surface area contributed by atoms with Crippen LogP contribution in [0.5, 0.6) is 5.75 Å². The van der Waals surface area contributed by atoms with Crippen molar-refractivity contribution in [3.05, 3.63) is 29.3 Å². The molecule has 0 saturated carbocycles. The van der Waals surface area contributed by atoms with Crippen molar-refractivity contribution in [1.82, 2.24) is 0 Å². The quantitative estimate of drug-likeness (QED) is 0.740. The molecule has 0 spiro atoms. The molecule has 1 aromatic carbocycles. The lowest BCUT2D eigenvalue weighted by Gasteiger charge is -2.23. The Morgan fingerprint density at radius 1 is 1.53 bits per heavy atom. The van der Waals surface area contributed by atoms with Crippen LogP contribution >= 0.6 is 0 Å². The van der Waals surface area contributed by atoms with Gasteiger partial charge in [-0.3, -0.25) is 4.79 Å². The molecule has 0 bridgehead atoms. The van der Waals surface area contributed by atoms with Gasteiger partial charge in [0.15, 0.2) is 11.9 Å². The largest absolute Gasteiger partial charge is 0.490 e. The molecule has 1 unspecified atom stereocenters. The number of Topliss-reactive ketones (excluding diaryl/α,β-unsaturated/α-hetero) is 1. The fraction of sp³-hybridized carbons (Fsp3) is 0.417. The van der Waals surface area contributed by atoms with Gasteiger partial charge in [0.25, 0.3) is 0 Å². The third-order valence-electron chi connectivity index (χ3n) is 2.69. The van der Waals surface area contributed by atoms with E-state index in [2.05, 4.69) is 6.92 Å². The van der Waals surface area contributed by atoms with Gasteiger partial charge in [0.2, 0.25) is 0 Å². The van der Waals surface area contributed by atoms with Crippen LogP contribution in [0.4, 0.5) is 0 Å². The summed E-state index contributed by atoms with van der Waals surface area (Å²) in [4.78, 5) is 11.8.